The van der Waals surface area contributed by atoms with Crippen LogP contribution in [0, 0.1) is 5.92 Å². The van der Waals surface area contributed by atoms with Crippen LogP contribution in [-0.4, -0.2) is 71.2 Å². The first-order valence-electron chi connectivity index (χ1n) is 14.2. The molecule has 3 aromatic rings. The number of nitrogens with zero attached hydrogens (tertiary/aromatic N) is 5. The van der Waals surface area contributed by atoms with Crippen molar-refractivity contribution in [2.75, 3.05) is 31.5 Å². The van der Waals surface area contributed by atoms with E-state index in [1.54, 1.807) is 36.9 Å². The fourth-order valence-corrected chi connectivity index (χ4v) is 7.78. The molecule has 1 saturated heterocycles. The number of likely N-dealkylation sites (tertiary alicyclic amines) is 1. The normalized spacial score (nSPS) is 17.8. The van der Waals surface area contributed by atoms with Crippen LogP contribution < -0.4 is 14.8 Å². The molecule has 1 saturated carbocycles. The van der Waals surface area contributed by atoms with Crippen LogP contribution in [0.3, 0.4) is 0 Å². The van der Waals surface area contributed by atoms with Crippen molar-refractivity contribution in [2.24, 2.45) is 5.92 Å². The Morgan fingerprint density at radius 3 is 2.68 bits per heavy atom. The minimum absolute atomic E-state index is 0.301. The van der Waals surface area contributed by atoms with E-state index < -0.39 is 16.1 Å². The summed E-state index contributed by atoms with van der Waals surface area (Å²) in [4.78, 5) is 34.0. The molecule has 0 bridgehead atoms. The number of nitrogens with one attached hydrogen (secondary N) is 2. The highest BCUT2D eigenvalue weighted by molar-refractivity contribution is 7.93. The minimum Gasteiger partial charge on any atom is -0.477 e. The Morgan fingerprint density at radius 1 is 1.15 bits per heavy atom. The first-order chi connectivity index (χ1) is 19.8. The smallest absolute Gasteiger partial charge is 0.280 e. The number of amides is 1. The number of aromatic nitrogens is 4. The van der Waals surface area contributed by atoms with Crippen LogP contribution in [0.25, 0.3) is 10.6 Å². The zero-order valence-electron chi connectivity index (χ0n) is 23.5. The van der Waals surface area contributed by atoms with E-state index in [9.17, 15) is 13.2 Å². The Morgan fingerprint density at radius 2 is 1.93 bits per heavy atom. The van der Waals surface area contributed by atoms with Crippen molar-refractivity contribution < 1.29 is 17.9 Å². The molecule has 0 radical (unpaired) electrons. The number of pyridine rings is 1. The Balaban J connectivity index is 1.35. The third kappa shape index (κ3) is 7.57. The van der Waals surface area contributed by atoms with Gasteiger partial charge in [-0.15, -0.1) is 11.3 Å². The molecule has 1 aliphatic heterocycles. The van der Waals surface area contributed by atoms with Crippen LogP contribution in [0.2, 0.25) is 0 Å². The van der Waals surface area contributed by atoms with E-state index in [0.717, 1.165) is 38.8 Å². The summed E-state index contributed by atoms with van der Waals surface area (Å²) >= 11 is 1.23. The highest BCUT2D eigenvalue weighted by Crippen LogP contribution is 2.31. The maximum atomic E-state index is 13.5. The number of sulfonamides is 1. The first-order valence-corrected chi connectivity index (χ1v) is 16.5. The third-order valence-electron chi connectivity index (χ3n) is 7.71. The number of anilines is 1. The molecule has 4 heterocycles. The van der Waals surface area contributed by atoms with E-state index in [1.165, 1.54) is 11.3 Å². The van der Waals surface area contributed by atoms with Crippen molar-refractivity contribution in [1.82, 2.24) is 30.2 Å². The predicted octanol–water partition coefficient (Wildman–Crippen LogP) is 4.28. The van der Waals surface area contributed by atoms with E-state index in [1.807, 2.05) is 6.92 Å². The van der Waals surface area contributed by atoms with E-state index >= 15 is 0 Å². The molecule has 41 heavy (non-hydrogen) atoms. The average molecular weight is 600 g/mol. The fourth-order valence-electron chi connectivity index (χ4n) is 5.44. The summed E-state index contributed by atoms with van der Waals surface area (Å²) in [7, 11) is -1.37. The van der Waals surface area contributed by atoms with Gasteiger partial charge < -0.3 is 15.0 Å². The van der Waals surface area contributed by atoms with Gasteiger partial charge in [-0.25, -0.2) is 18.4 Å². The van der Waals surface area contributed by atoms with Crippen LogP contribution in [0.1, 0.15) is 73.4 Å². The maximum Gasteiger partial charge on any atom is 0.280 e. The van der Waals surface area contributed by atoms with Gasteiger partial charge in [-0.1, -0.05) is 12.8 Å². The summed E-state index contributed by atoms with van der Waals surface area (Å²) < 4.78 is 34.1. The molecule has 220 valence electrons. The number of ether oxygens (including phenoxy) is 1. The van der Waals surface area contributed by atoms with Crippen LogP contribution in [0.15, 0.2) is 36.9 Å². The molecule has 0 aromatic carbocycles. The van der Waals surface area contributed by atoms with Crippen molar-refractivity contribution in [2.45, 2.75) is 63.2 Å². The second-order valence-corrected chi connectivity index (χ2v) is 13.7. The summed E-state index contributed by atoms with van der Waals surface area (Å²) in [6, 6.07) is 3.00. The van der Waals surface area contributed by atoms with Crippen molar-refractivity contribution in [3.63, 3.8) is 0 Å². The Labute approximate surface area is 245 Å². The van der Waals surface area contributed by atoms with Gasteiger partial charge in [-0.2, -0.15) is 0 Å². The molecular weight excluding hydrogens is 562 g/mol. The molecule has 0 spiro atoms. The number of hydrogen-bond acceptors (Lipinski definition) is 10. The average Bonchev–Trinajstić information content (AvgIpc) is 3.68. The molecule has 1 aliphatic carbocycles. The van der Waals surface area contributed by atoms with Crippen LogP contribution in [-0.2, 0) is 10.0 Å². The van der Waals surface area contributed by atoms with Gasteiger partial charge in [0, 0.05) is 12.4 Å². The van der Waals surface area contributed by atoms with Crippen molar-refractivity contribution in [1.29, 1.82) is 0 Å². The van der Waals surface area contributed by atoms with Crippen LogP contribution in [0.5, 0.6) is 5.88 Å². The zero-order valence-corrected chi connectivity index (χ0v) is 25.1. The molecule has 1 amide bonds. The van der Waals surface area contributed by atoms with Crippen molar-refractivity contribution in [3.05, 3.63) is 47.6 Å². The molecular formula is C28H37N7O4S2. The molecule has 1 atom stereocenters. The SMILES string of the molecule is CCOc1cncc(-c2cnc(C(=O)N[C@H](CC3CCN(C)CC3)c3cc(NS(=O)(=O)C4CCCC4)ccn3)s2)n1. The number of hydrogen-bond donors (Lipinski definition) is 2. The van der Waals surface area contributed by atoms with Crippen molar-refractivity contribution >= 4 is 33.0 Å². The first kappa shape index (κ1) is 29.3. The Hall–Kier alpha value is -3.16. The minimum atomic E-state index is -3.48. The van der Waals surface area contributed by atoms with Gasteiger partial charge in [-0.05, 0) is 77.2 Å². The Bertz CT molecular complexity index is 1430. The van der Waals surface area contributed by atoms with E-state index in [0.29, 0.717) is 64.6 Å². The lowest BCUT2D eigenvalue weighted by Crippen LogP contribution is -2.35. The van der Waals surface area contributed by atoms with Gasteiger partial charge in [0.25, 0.3) is 5.91 Å². The predicted molar refractivity (Wildman–Crippen MR) is 158 cm³/mol. The summed E-state index contributed by atoms with van der Waals surface area (Å²) in [6.07, 6.45) is 12.3. The summed E-state index contributed by atoms with van der Waals surface area (Å²) in [5.74, 6) is 0.504. The molecule has 13 heteroatoms. The molecule has 0 unspecified atom stereocenters. The van der Waals surface area contributed by atoms with Crippen LogP contribution in [0.4, 0.5) is 5.69 Å². The van der Waals surface area contributed by atoms with Gasteiger partial charge in [0.05, 0.1) is 46.6 Å². The number of carbonyl (C=O) groups excluding carboxylic acids is 1. The number of carbonyl (C=O) groups is 1. The Kier molecular flexibility index (Phi) is 9.46. The molecule has 5 rings (SSSR count). The fraction of sp³-hybridized carbons (Fsp3) is 0.536. The molecule has 3 aromatic heterocycles. The standard InChI is InChI=1S/C28H37N7O4S2/c1-3-39-26-18-29-16-24(32-26)25-17-31-28(40-25)27(36)33-23(14-19-9-12-35(2)13-10-19)22-15-20(8-11-30-22)34-41(37,38)21-6-4-5-7-21/h8,11,15-19,21,23H,3-7,9-10,12-14H2,1-2H3,(H,30,34)(H,33,36)/t23-/m1/s1. The third-order valence-corrected chi connectivity index (χ3v) is 10.6. The van der Waals surface area contributed by atoms with Crippen LogP contribution >= 0.6 is 11.3 Å². The second-order valence-electron chi connectivity index (χ2n) is 10.7. The quantitative estimate of drug-likeness (QED) is 0.331. The second kappa shape index (κ2) is 13.2. The molecule has 11 nitrogen and oxygen atoms in total. The van der Waals surface area contributed by atoms with E-state index in [2.05, 4.69) is 41.9 Å². The number of rotatable bonds is 11. The lowest BCUT2D eigenvalue weighted by Gasteiger charge is -2.31. The zero-order chi connectivity index (χ0) is 28.8. The van der Waals surface area contributed by atoms with Crippen molar-refractivity contribution in [3.8, 4) is 16.5 Å². The highest BCUT2D eigenvalue weighted by atomic mass is 32.2. The topological polar surface area (TPSA) is 139 Å². The maximum absolute atomic E-state index is 13.5. The largest absolute Gasteiger partial charge is 0.477 e. The number of thiazole rings is 1. The van der Waals surface area contributed by atoms with Gasteiger partial charge in [-0.3, -0.25) is 19.5 Å². The highest BCUT2D eigenvalue weighted by Gasteiger charge is 2.30. The van der Waals surface area contributed by atoms with Gasteiger partial charge >= 0.3 is 0 Å². The summed E-state index contributed by atoms with van der Waals surface area (Å²) in [6.45, 7) is 4.35. The van der Waals surface area contributed by atoms with Gasteiger partial charge in [0.2, 0.25) is 15.9 Å². The summed E-state index contributed by atoms with van der Waals surface area (Å²) in [5.41, 5.74) is 1.67. The monoisotopic (exact) mass is 599 g/mol. The summed E-state index contributed by atoms with van der Waals surface area (Å²) in [5, 5.41) is 3.08. The van der Waals surface area contributed by atoms with E-state index in [-0.39, 0.29) is 11.2 Å². The molecule has 2 aliphatic rings. The van der Waals surface area contributed by atoms with Gasteiger partial charge in [0.15, 0.2) is 5.01 Å². The lowest BCUT2D eigenvalue weighted by atomic mass is 9.89. The molecule has 2 fully saturated rings. The number of piperidine rings is 1. The lowest BCUT2D eigenvalue weighted by molar-refractivity contribution is 0.0923. The molecule has 2 N–H and O–H groups in total. The van der Waals surface area contributed by atoms with E-state index in [4.69, 9.17) is 4.74 Å². The van der Waals surface area contributed by atoms with Gasteiger partial charge in [0.1, 0.15) is 5.69 Å².